The van der Waals surface area contributed by atoms with Crippen LogP contribution in [0.2, 0.25) is 5.02 Å². The van der Waals surface area contributed by atoms with Crippen LogP contribution in [-0.4, -0.2) is 33.6 Å². The van der Waals surface area contributed by atoms with Crippen molar-refractivity contribution in [2.75, 3.05) is 13.2 Å². The summed E-state index contributed by atoms with van der Waals surface area (Å²) in [5.41, 5.74) is 5.99. The van der Waals surface area contributed by atoms with E-state index in [4.69, 9.17) is 36.3 Å². The Bertz CT molecular complexity index is 1470. The van der Waals surface area contributed by atoms with E-state index in [0.29, 0.717) is 44.9 Å². The van der Waals surface area contributed by atoms with E-state index in [-0.39, 0.29) is 11.8 Å². The van der Waals surface area contributed by atoms with Crippen molar-refractivity contribution in [1.29, 1.82) is 0 Å². The Morgan fingerprint density at radius 3 is 2.26 bits per heavy atom. The molecule has 0 aliphatic carbocycles. The van der Waals surface area contributed by atoms with Crippen LogP contribution >= 0.6 is 19.4 Å². The van der Waals surface area contributed by atoms with Crippen LogP contribution in [0.3, 0.4) is 0 Å². The monoisotopic (exact) mass is 519 g/mol. The Morgan fingerprint density at radius 1 is 0.971 bits per heavy atom. The molecule has 5 N–H and O–H groups in total. The molecule has 4 aromatic rings. The van der Waals surface area contributed by atoms with E-state index in [1.807, 2.05) is 0 Å². The van der Waals surface area contributed by atoms with Gasteiger partial charge in [0.25, 0.3) is 0 Å². The van der Waals surface area contributed by atoms with E-state index in [2.05, 4.69) is 4.52 Å². The highest BCUT2D eigenvalue weighted by molar-refractivity contribution is 7.46. The van der Waals surface area contributed by atoms with Gasteiger partial charge in [-0.25, -0.2) is 4.57 Å². The molecule has 0 amide bonds. The fourth-order valence-electron chi connectivity index (χ4n) is 3.54. The number of aliphatic hydroxyl groups is 1. The molecular weight excluding hydrogens is 497 g/mol. The Hall–Kier alpha value is -2.75. The molecule has 0 spiro atoms. The van der Waals surface area contributed by atoms with E-state index in [1.165, 1.54) is 0 Å². The van der Waals surface area contributed by atoms with Crippen molar-refractivity contribution >= 4 is 41.4 Å². The number of aliphatic hydroxyl groups excluding tert-OH is 1. The van der Waals surface area contributed by atoms with Gasteiger partial charge in [-0.2, -0.15) is 0 Å². The Balaban J connectivity index is 1.60. The van der Waals surface area contributed by atoms with Gasteiger partial charge in [0.05, 0.1) is 29.5 Å². The molecule has 0 fully saturated rings. The maximum absolute atomic E-state index is 13.3. The third-order valence-corrected chi connectivity index (χ3v) is 6.22. The maximum atomic E-state index is 13.3. The minimum atomic E-state index is -4.72. The molecule has 1 heterocycles. The van der Waals surface area contributed by atoms with Crippen molar-refractivity contribution in [3.63, 3.8) is 0 Å². The first-order chi connectivity index (χ1) is 16.5. The zero-order valence-electron chi connectivity index (χ0n) is 18.4. The summed E-state index contributed by atoms with van der Waals surface area (Å²) in [4.78, 5) is 31.1. The van der Waals surface area contributed by atoms with E-state index < -0.39 is 26.6 Å². The van der Waals surface area contributed by atoms with Crippen LogP contribution in [0.15, 0.2) is 69.9 Å². The number of rotatable bonds is 9. The first kappa shape index (κ1) is 25.3. The summed E-state index contributed by atoms with van der Waals surface area (Å²) < 4.78 is 27.2. The SMILES string of the molecule is NC(CO)(CCc1ccc2oc3ccc(Oc4ccc(Cl)cc4)cc3c(=O)c2c1)COP(=O)(O)O. The zero-order valence-corrected chi connectivity index (χ0v) is 20.0. The molecule has 1 unspecified atom stereocenters. The first-order valence-corrected chi connectivity index (χ1v) is 12.5. The second-order valence-electron chi connectivity index (χ2n) is 8.26. The van der Waals surface area contributed by atoms with Crippen molar-refractivity contribution in [3.05, 3.63) is 81.5 Å². The summed E-state index contributed by atoms with van der Waals surface area (Å²) in [6.45, 7) is -1.06. The number of aryl methyl sites for hydroxylation is 1. The number of benzene rings is 3. The number of phosphoric acid groups is 1. The fraction of sp³-hybridized carbons (Fsp3) is 0.208. The summed E-state index contributed by atoms with van der Waals surface area (Å²) in [7, 11) is -4.72. The summed E-state index contributed by atoms with van der Waals surface area (Å²) in [6, 6.07) is 16.9. The van der Waals surface area contributed by atoms with Crippen LogP contribution in [0.5, 0.6) is 11.5 Å². The lowest BCUT2D eigenvalue weighted by Crippen LogP contribution is -2.48. The number of phosphoric ester groups is 1. The van der Waals surface area contributed by atoms with E-state index >= 15 is 0 Å². The maximum Gasteiger partial charge on any atom is 0.469 e. The zero-order chi connectivity index (χ0) is 25.2. The fourth-order valence-corrected chi connectivity index (χ4v) is 4.09. The molecule has 11 heteroatoms. The lowest BCUT2D eigenvalue weighted by Gasteiger charge is -2.27. The molecule has 184 valence electrons. The topological polar surface area (TPSA) is 152 Å². The predicted octanol–water partition coefficient (Wildman–Crippen LogP) is 4.12. The molecule has 0 radical (unpaired) electrons. The number of halogens is 1. The number of ether oxygens (including phenoxy) is 1. The molecule has 0 bridgehead atoms. The van der Waals surface area contributed by atoms with E-state index in [9.17, 15) is 14.5 Å². The van der Waals surface area contributed by atoms with Crippen LogP contribution in [0.25, 0.3) is 21.9 Å². The smallest absolute Gasteiger partial charge is 0.457 e. The van der Waals surface area contributed by atoms with Crippen LogP contribution in [0.4, 0.5) is 0 Å². The largest absolute Gasteiger partial charge is 0.469 e. The van der Waals surface area contributed by atoms with Gasteiger partial charge < -0.3 is 29.8 Å². The van der Waals surface area contributed by atoms with Crippen molar-refractivity contribution in [1.82, 2.24) is 0 Å². The average Bonchev–Trinajstić information content (AvgIpc) is 2.83. The quantitative estimate of drug-likeness (QED) is 0.189. The number of hydrogen-bond acceptors (Lipinski definition) is 7. The third-order valence-electron chi connectivity index (χ3n) is 5.50. The number of fused-ring (bicyclic) bond motifs is 2. The summed E-state index contributed by atoms with van der Waals surface area (Å²) in [6.07, 6.45) is 0.488. The van der Waals surface area contributed by atoms with Crippen LogP contribution in [0.1, 0.15) is 12.0 Å². The average molecular weight is 520 g/mol. The summed E-state index contributed by atoms with van der Waals surface area (Å²) in [5, 5.41) is 10.9. The van der Waals surface area contributed by atoms with Gasteiger partial charge in [0.2, 0.25) is 5.43 Å². The highest BCUT2D eigenvalue weighted by atomic mass is 35.5. The molecule has 9 nitrogen and oxygen atoms in total. The van der Waals surface area contributed by atoms with Gasteiger partial charge in [0, 0.05) is 5.02 Å². The Morgan fingerprint density at radius 2 is 1.60 bits per heavy atom. The molecule has 0 aliphatic rings. The number of hydrogen-bond donors (Lipinski definition) is 4. The molecule has 3 aromatic carbocycles. The van der Waals surface area contributed by atoms with Crippen LogP contribution < -0.4 is 15.9 Å². The molecule has 1 aromatic heterocycles. The highest BCUT2D eigenvalue weighted by Gasteiger charge is 2.28. The van der Waals surface area contributed by atoms with Gasteiger partial charge in [0.1, 0.15) is 22.7 Å². The van der Waals surface area contributed by atoms with E-state index in [0.717, 1.165) is 5.56 Å². The minimum Gasteiger partial charge on any atom is -0.457 e. The van der Waals surface area contributed by atoms with Crippen molar-refractivity contribution in [3.8, 4) is 11.5 Å². The minimum absolute atomic E-state index is 0.160. The lowest BCUT2D eigenvalue weighted by molar-refractivity contribution is 0.102. The molecular formula is C24H23ClNO8P. The molecule has 1 atom stereocenters. The van der Waals surface area contributed by atoms with Gasteiger partial charge in [-0.05, 0) is 73.0 Å². The Kier molecular flexibility index (Phi) is 7.30. The van der Waals surface area contributed by atoms with Gasteiger partial charge in [-0.15, -0.1) is 0 Å². The third kappa shape index (κ3) is 6.28. The Labute approximate surface area is 204 Å². The van der Waals surface area contributed by atoms with Crippen LogP contribution in [-0.2, 0) is 15.5 Å². The summed E-state index contributed by atoms with van der Waals surface area (Å²) in [5.74, 6) is 1.03. The molecule has 0 saturated heterocycles. The summed E-state index contributed by atoms with van der Waals surface area (Å²) >= 11 is 5.90. The number of nitrogens with two attached hydrogens (primary N) is 1. The van der Waals surface area contributed by atoms with Gasteiger partial charge in [0.15, 0.2) is 0 Å². The van der Waals surface area contributed by atoms with Gasteiger partial charge in [-0.3, -0.25) is 9.32 Å². The molecule has 4 rings (SSSR count). The van der Waals surface area contributed by atoms with Crippen molar-refractivity contribution in [2.45, 2.75) is 18.4 Å². The van der Waals surface area contributed by atoms with E-state index in [1.54, 1.807) is 60.7 Å². The lowest BCUT2D eigenvalue weighted by atomic mass is 9.93. The van der Waals surface area contributed by atoms with Gasteiger partial charge >= 0.3 is 7.82 Å². The van der Waals surface area contributed by atoms with Crippen LogP contribution in [0, 0.1) is 0 Å². The predicted molar refractivity (Wildman–Crippen MR) is 132 cm³/mol. The van der Waals surface area contributed by atoms with Crippen molar-refractivity contribution < 1.29 is 33.1 Å². The normalized spacial score (nSPS) is 13.7. The molecule has 0 saturated carbocycles. The van der Waals surface area contributed by atoms with Crippen molar-refractivity contribution in [2.24, 2.45) is 5.73 Å². The highest BCUT2D eigenvalue weighted by Crippen LogP contribution is 2.37. The van der Waals surface area contributed by atoms with Gasteiger partial charge in [-0.1, -0.05) is 17.7 Å². The molecule has 35 heavy (non-hydrogen) atoms. The standard InChI is InChI=1S/C24H23ClNO8P/c25-16-2-4-17(5-3-16)33-18-6-8-22-20(12-18)23(28)19-11-15(1-7-21(19)34-22)9-10-24(26,13-27)14-32-35(29,30)31/h1-8,11-12,27H,9-10,13-14,26H2,(H2,29,30,31). The first-order valence-electron chi connectivity index (χ1n) is 10.6. The second kappa shape index (κ2) is 10.1. The molecule has 0 aliphatic heterocycles. The second-order valence-corrected chi connectivity index (χ2v) is 9.94.